The van der Waals surface area contributed by atoms with Crippen molar-refractivity contribution in [2.45, 2.75) is 39.5 Å². The van der Waals surface area contributed by atoms with Crippen LogP contribution in [0.4, 0.5) is 10.3 Å². The van der Waals surface area contributed by atoms with E-state index < -0.39 is 0 Å². The van der Waals surface area contributed by atoms with E-state index in [0.717, 1.165) is 43.6 Å². The molecule has 1 aromatic carbocycles. The van der Waals surface area contributed by atoms with E-state index in [2.05, 4.69) is 26.6 Å². The van der Waals surface area contributed by atoms with E-state index in [9.17, 15) is 4.39 Å². The van der Waals surface area contributed by atoms with Gasteiger partial charge in [-0.05, 0) is 18.9 Å². The molecule has 5 nitrogen and oxygen atoms in total. The standard InChI is InChI=1S/C22H27FN4O/c1-4-17-6-5-7-20(21(17)23)18-14-24-22(25-15-18)27-11-8-19(9-12-27)26-28-13-10-16(2)3/h5-7,14-15H,2,4,8-13H2,1,3H3. The lowest BCUT2D eigenvalue weighted by molar-refractivity contribution is 0.146. The maximum Gasteiger partial charge on any atom is 0.225 e. The maximum atomic E-state index is 14.5. The third-order valence-corrected chi connectivity index (χ3v) is 4.85. The Morgan fingerprint density at radius 1 is 1.25 bits per heavy atom. The lowest BCUT2D eigenvalue weighted by Gasteiger charge is -2.27. The minimum atomic E-state index is -0.188. The summed E-state index contributed by atoms with van der Waals surface area (Å²) >= 11 is 0. The van der Waals surface area contributed by atoms with Crippen LogP contribution in [0.5, 0.6) is 0 Å². The number of oxime groups is 1. The van der Waals surface area contributed by atoms with Gasteiger partial charge in [-0.15, -0.1) is 6.58 Å². The smallest absolute Gasteiger partial charge is 0.225 e. The number of aromatic nitrogens is 2. The van der Waals surface area contributed by atoms with Crippen molar-refractivity contribution in [3.8, 4) is 11.1 Å². The Hall–Kier alpha value is -2.76. The summed E-state index contributed by atoms with van der Waals surface area (Å²) in [4.78, 5) is 16.4. The van der Waals surface area contributed by atoms with E-state index in [0.29, 0.717) is 35.7 Å². The fourth-order valence-electron chi connectivity index (χ4n) is 3.11. The minimum Gasteiger partial charge on any atom is -0.396 e. The number of nitrogens with zero attached hydrogens (tertiary/aromatic N) is 4. The van der Waals surface area contributed by atoms with Crippen LogP contribution < -0.4 is 4.90 Å². The molecule has 1 aromatic heterocycles. The highest BCUT2D eigenvalue weighted by molar-refractivity contribution is 5.86. The molecule has 2 aromatic rings. The minimum absolute atomic E-state index is 0.188. The molecular formula is C22H27FN4O. The molecule has 6 heteroatoms. The van der Waals surface area contributed by atoms with E-state index in [1.165, 1.54) is 0 Å². The van der Waals surface area contributed by atoms with E-state index in [-0.39, 0.29) is 5.82 Å². The quantitative estimate of drug-likeness (QED) is 0.393. The van der Waals surface area contributed by atoms with Crippen molar-refractivity contribution in [3.05, 3.63) is 54.1 Å². The molecule has 28 heavy (non-hydrogen) atoms. The molecule has 0 N–H and O–H groups in total. The fraction of sp³-hybridized carbons (Fsp3) is 0.409. The van der Waals surface area contributed by atoms with Gasteiger partial charge < -0.3 is 9.74 Å². The van der Waals surface area contributed by atoms with E-state index in [4.69, 9.17) is 4.84 Å². The van der Waals surface area contributed by atoms with Crippen LogP contribution in [-0.4, -0.2) is 35.4 Å². The zero-order chi connectivity index (χ0) is 19.9. The largest absolute Gasteiger partial charge is 0.396 e. The van der Waals surface area contributed by atoms with Crippen molar-refractivity contribution < 1.29 is 9.23 Å². The van der Waals surface area contributed by atoms with Crippen molar-refractivity contribution >= 4 is 11.7 Å². The van der Waals surface area contributed by atoms with Crippen LogP contribution in [0.25, 0.3) is 11.1 Å². The Labute approximate surface area is 165 Å². The molecule has 1 aliphatic rings. The summed E-state index contributed by atoms with van der Waals surface area (Å²) in [6.07, 6.45) is 6.53. The normalized spacial score (nSPS) is 14.1. The number of piperidine rings is 1. The second-order valence-electron chi connectivity index (χ2n) is 7.09. The molecular weight excluding hydrogens is 355 g/mol. The molecule has 0 unspecified atom stereocenters. The second-order valence-corrected chi connectivity index (χ2v) is 7.09. The highest BCUT2D eigenvalue weighted by atomic mass is 19.1. The summed E-state index contributed by atoms with van der Waals surface area (Å²) in [5, 5.41) is 4.23. The summed E-state index contributed by atoms with van der Waals surface area (Å²) < 4.78 is 14.5. The van der Waals surface area contributed by atoms with Gasteiger partial charge in [-0.1, -0.05) is 35.9 Å². The van der Waals surface area contributed by atoms with Gasteiger partial charge in [0, 0.05) is 55.9 Å². The summed E-state index contributed by atoms with van der Waals surface area (Å²) in [6, 6.07) is 5.45. The number of hydrogen-bond acceptors (Lipinski definition) is 5. The van der Waals surface area contributed by atoms with Crippen LogP contribution in [-0.2, 0) is 11.3 Å². The molecule has 0 radical (unpaired) electrons. The predicted molar refractivity (Wildman–Crippen MR) is 111 cm³/mol. The summed E-state index contributed by atoms with van der Waals surface area (Å²) in [6.45, 7) is 9.94. The first-order valence-corrected chi connectivity index (χ1v) is 9.75. The predicted octanol–water partition coefficient (Wildman–Crippen LogP) is 4.78. The molecule has 0 amide bonds. The third kappa shape index (κ3) is 4.94. The van der Waals surface area contributed by atoms with E-state index in [1.54, 1.807) is 18.5 Å². The van der Waals surface area contributed by atoms with Crippen molar-refractivity contribution in [1.82, 2.24) is 9.97 Å². The monoisotopic (exact) mass is 382 g/mol. The van der Waals surface area contributed by atoms with Crippen molar-refractivity contribution in [1.29, 1.82) is 0 Å². The number of rotatable bonds is 7. The van der Waals surface area contributed by atoms with Crippen molar-refractivity contribution in [2.75, 3.05) is 24.6 Å². The first-order valence-electron chi connectivity index (χ1n) is 9.75. The van der Waals surface area contributed by atoms with Gasteiger partial charge in [0.05, 0.1) is 5.71 Å². The van der Waals surface area contributed by atoms with Crippen LogP contribution in [0.1, 0.15) is 38.7 Å². The van der Waals surface area contributed by atoms with Gasteiger partial charge in [0.1, 0.15) is 12.4 Å². The number of halogens is 1. The summed E-state index contributed by atoms with van der Waals surface area (Å²) in [5.74, 6) is 0.477. The number of hydrogen-bond donors (Lipinski definition) is 0. The van der Waals surface area contributed by atoms with Gasteiger partial charge in [-0.25, -0.2) is 14.4 Å². The second kappa shape index (κ2) is 9.44. The van der Waals surface area contributed by atoms with E-state index >= 15 is 0 Å². The fourth-order valence-corrected chi connectivity index (χ4v) is 3.11. The molecule has 2 heterocycles. The summed E-state index contributed by atoms with van der Waals surface area (Å²) in [5.41, 5.74) is 4.10. The Morgan fingerprint density at radius 3 is 2.61 bits per heavy atom. The number of anilines is 1. The van der Waals surface area contributed by atoms with Gasteiger partial charge in [-0.2, -0.15) is 0 Å². The van der Waals surface area contributed by atoms with Gasteiger partial charge >= 0.3 is 0 Å². The van der Waals surface area contributed by atoms with Crippen LogP contribution in [0, 0.1) is 5.82 Å². The van der Waals surface area contributed by atoms with Gasteiger partial charge in [0.2, 0.25) is 5.95 Å². The van der Waals surface area contributed by atoms with Gasteiger partial charge in [0.25, 0.3) is 0 Å². The van der Waals surface area contributed by atoms with Crippen LogP contribution in [0.2, 0.25) is 0 Å². The first kappa shape index (κ1) is 20.0. The molecule has 148 valence electrons. The van der Waals surface area contributed by atoms with Crippen molar-refractivity contribution in [3.63, 3.8) is 0 Å². The molecule has 1 fully saturated rings. The van der Waals surface area contributed by atoms with E-state index in [1.807, 2.05) is 26.0 Å². The number of benzene rings is 1. The third-order valence-electron chi connectivity index (χ3n) is 4.85. The first-order chi connectivity index (χ1) is 13.6. The average Bonchev–Trinajstić information content (AvgIpc) is 2.72. The zero-order valence-electron chi connectivity index (χ0n) is 16.6. The highest BCUT2D eigenvalue weighted by Gasteiger charge is 2.18. The highest BCUT2D eigenvalue weighted by Crippen LogP contribution is 2.25. The molecule has 1 saturated heterocycles. The lowest BCUT2D eigenvalue weighted by Crippen LogP contribution is -2.35. The Balaban J connectivity index is 1.59. The maximum absolute atomic E-state index is 14.5. The molecule has 3 rings (SSSR count). The average molecular weight is 382 g/mol. The molecule has 0 bridgehead atoms. The zero-order valence-corrected chi connectivity index (χ0v) is 16.6. The van der Waals surface area contributed by atoms with Crippen LogP contribution in [0.3, 0.4) is 0 Å². The molecule has 0 atom stereocenters. The lowest BCUT2D eigenvalue weighted by atomic mass is 10.0. The molecule has 0 spiro atoms. The SMILES string of the molecule is C=C(C)CCON=C1CCN(c2ncc(-c3cccc(CC)c3F)cn2)CC1. The molecule has 0 saturated carbocycles. The number of aryl methyl sites for hydroxylation is 1. The topological polar surface area (TPSA) is 50.6 Å². The Morgan fingerprint density at radius 2 is 1.96 bits per heavy atom. The van der Waals surface area contributed by atoms with Gasteiger partial charge in [-0.3, -0.25) is 0 Å². The van der Waals surface area contributed by atoms with Crippen LogP contribution >= 0.6 is 0 Å². The Bertz CT molecular complexity index is 838. The van der Waals surface area contributed by atoms with Crippen molar-refractivity contribution in [2.24, 2.45) is 5.16 Å². The van der Waals surface area contributed by atoms with Crippen LogP contribution in [0.15, 0.2) is 47.9 Å². The molecule has 1 aliphatic heterocycles. The molecule has 0 aliphatic carbocycles. The summed E-state index contributed by atoms with van der Waals surface area (Å²) in [7, 11) is 0. The van der Waals surface area contributed by atoms with Gasteiger partial charge in [0.15, 0.2) is 0 Å². The Kier molecular flexibility index (Phi) is 6.74.